The molecule has 1 atom stereocenters. The molecule has 0 fully saturated rings. The average molecular weight is 307 g/mol. The lowest BCUT2D eigenvalue weighted by Crippen LogP contribution is -2.31. The minimum absolute atomic E-state index is 0.0625. The maximum Gasteiger partial charge on any atom is 0.225 e. The van der Waals surface area contributed by atoms with Crippen LogP contribution in [0.3, 0.4) is 0 Å². The first-order valence-corrected chi connectivity index (χ1v) is 7.85. The van der Waals surface area contributed by atoms with Crippen LogP contribution in [0.25, 0.3) is 0 Å². The lowest BCUT2D eigenvalue weighted by atomic mass is 9.87. The number of hydrogen-bond acceptors (Lipinski definition) is 3. The van der Waals surface area contributed by atoms with Gasteiger partial charge in [0.15, 0.2) is 0 Å². The monoisotopic (exact) mass is 306 g/mol. The maximum atomic E-state index is 11.9. The van der Waals surface area contributed by atoms with Crippen molar-refractivity contribution in [3.63, 3.8) is 0 Å². The minimum Gasteiger partial charge on any atom is -0.320 e. The second-order valence-electron chi connectivity index (χ2n) is 4.53. The number of hydrogen-bond donors (Lipinski definition) is 1. The van der Waals surface area contributed by atoms with Gasteiger partial charge in [-0.25, -0.2) is 0 Å². The van der Waals surface area contributed by atoms with Crippen molar-refractivity contribution >= 4 is 29.3 Å². The summed E-state index contributed by atoms with van der Waals surface area (Å²) in [5.41, 5.74) is 1.45. The van der Waals surface area contributed by atoms with Crippen LogP contribution in [0.5, 0.6) is 0 Å². The normalized spacial score (nSPS) is 18.6. The summed E-state index contributed by atoms with van der Waals surface area (Å²) in [4.78, 5) is 11.9. The van der Waals surface area contributed by atoms with Crippen LogP contribution >= 0.6 is 23.4 Å². The van der Waals surface area contributed by atoms with Crippen LogP contribution in [0.4, 0.5) is 0 Å². The highest BCUT2D eigenvalue weighted by molar-refractivity contribution is 8.03. The highest BCUT2D eigenvalue weighted by Crippen LogP contribution is 2.38. The quantitative estimate of drug-likeness (QED) is 0.920. The van der Waals surface area contributed by atoms with Crippen molar-refractivity contribution in [2.45, 2.75) is 25.7 Å². The van der Waals surface area contributed by atoms with Crippen molar-refractivity contribution in [2.24, 2.45) is 0 Å². The molecule has 1 amide bonds. The molecule has 104 valence electrons. The number of nitrogens with zero attached hydrogens (tertiary/aromatic N) is 1. The molecule has 20 heavy (non-hydrogen) atoms. The van der Waals surface area contributed by atoms with Crippen LogP contribution in [0.15, 0.2) is 34.9 Å². The van der Waals surface area contributed by atoms with Crippen LogP contribution in [0, 0.1) is 11.3 Å². The minimum atomic E-state index is -0.248. The topological polar surface area (TPSA) is 52.9 Å². The van der Waals surface area contributed by atoms with E-state index in [-0.39, 0.29) is 18.2 Å². The van der Waals surface area contributed by atoms with Crippen LogP contribution in [0.1, 0.15) is 31.2 Å². The van der Waals surface area contributed by atoms with Gasteiger partial charge in [-0.15, -0.1) is 11.8 Å². The molecular formula is C15H15ClN2OS. The number of carbonyl (C=O) groups is 1. The van der Waals surface area contributed by atoms with Gasteiger partial charge in [-0.3, -0.25) is 4.79 Å². The fraction of sp³-hybridized carbons (Fsp3) is 0.333. The van der Waals surface area contributed by atoms with Crippen LogP contribution in [-0.2, 0) is 4.79 Å². The number of carbonyl (C=O) groups excluding carboxylic acids is 1. The third-order valence-electron chi connectivity index (χ3n) is 3.09. The number of amides is 1. The van der Waals surface area contributed by atoms with Crippen molar-refractivity contribution in [2.75, 3.05) is 5.75 Å². The number of allylic oxidation sites excluding steroid dienone is 1. The van der Waals surface area contributed by atoms with E-state index >= 15 is 0 Å². The average Bonchev–Trinajstić information content (AvgIpc) is 2.45. The summed E-state index contributed by atoms with van der Waals surface area (Å²) in [5, 5.41) is 13.5. The molecule has 3 nitrogen and oxygen atoms in total. The maximum absolute atomic E-state index is 11.9. The Bertz CT molecular complexity index is 592. The molecule has 0 aliphatic carbocycles. The number of nitriles is 1. The molecule has 0 spiro atoms. The van der Waals surface area contributed by atoms with E-state index in [1.165, 1.54) is 11.8 Å². The Morgan fingerprint density at radius 2 is 2.25 bits per heavy atom. The van der Waals surface area contributed by atoms with E-state index in [2.05, 4.69) is 18.3 Å². The van der Waals surface area contributed by atoms with E-state index in [0.29, 0.717) is 15.6 Å². The number of halogens is 1. The summed E-state index contributed by atoms with van der Waals surface area (Å²) in [6.45, 7) is 2.07. The van der Waals surface area contributed by atoms with Gasteiger partial charge in [-0.2, -0.15) is 5.26 Å². The van der Waals surface area contributed by atoms with Gasteiger partial charge in [0.25, 0.3) is 0 Å². The molecule has 5 heteroatoms. The van der Waals surface area contributed by atoms with Gasteiger partial charge in [0.05, 0.1) is 16.7 Å². The van der Waals surface area contributed by atoms with E-state index in [0.717, 1.165) is 17.7 Å². The fourth-order valence-corrected chi connectivity index (χ4v) is 3.37. The Morgan fingerprint density at radius 1 is 1.50 bits per heavy atom. The predicted molar refractivity (Wildman–Crippen MR) is 82.3 cm³/mol. The molecule has 2 rings (SSSR count). The Morgan fingerprint density at radius 3 is 2.90 bits per heavy atom. The molecule has 1 aliphatic rings. The van der Waals surface area contributed by atoms with Crippen molar-refractivity contribution in [3.05, 3.63) is 45.5 Å². The lowest BCUT2D eigenvalue weighted by Gasteiger charge is -2.25. The molecule has 1 aliphatic heterocycles. The molecule has 1 N–H and O–H groups in total. The Hall–Kier alpha value is -1.44. The number of benzene rings is 1. The molecule has 1 aromatic carbocycles. The molecule has 0 radical (unpaired) electrons. The molecular weight excluding hydrogens is 292 g/mol. The Kier molecular flexibility index (Phi) is 5.11. The predicted octanol–water partition coefficient (Wildman–Crippen LogP) is 3.82. The van der Waals surface area contributed by atoms with Gasteiger partial charge in [-0.05, 0) is 23.8 Å². The van der Waals surface area contributed by atoms with Crippen molar-refractivity contribution < 1.29 is 4.79 Å². The molecule has 1 unspecified atom stereocenters. The van der Waals surface area contributed by atoms with Crippen LogP contribution in [-0.4, -0.2) is 11.7 Å². The van der Waals surface area contributed by atoms with Crippen LogP contribution in [0.2, 0.25) is 5.02 Å². The summed E-state index contributed by atoms with van der Waals surface area (Å²) in [7, 11) is 0. The third kappa shape index (κ3) is 3.17. The summed E-state index contributed by atoms with van der Waals surface area (Å²) in [6.07, 6.45) is 1.25. The largest absolute Gasteiger partial charge is 0.320 e. The number of thioether (sulfide) groups is 1. The van der Waals surface area contributed by atoms with E-state index in [4.69, 9.17) is 11.6 Å². The summed E-state index contributed by atoms with van der Waals surface area (Å²) < 4.78 is 0. The first kappa shape index (κ1) is 15.0. The second-order valence-corrected chi connectivity index (χ2v) is 6.04. The Labute approximate surface area is 128 Å². The summed E-state index contributed by atoms with van der Waals surface area (Å²) in [6, 6.07) is 9.63. The molecule has 0 saturated carbocycles. The lowest BCUT2D eigenvalue weighted by molar-refractivity contribution is -0.120. The van der Waals surface area contributed by atoms with Gasteiger partial charge < -0.3 is 5.32 Å². The van der Waals surface area contributed by atoms with Crippen LogP contribution < -0.4 is 5.32 Å². The zero-order chi connectivity index (χ0) is 14.5. The standard InChI is InChI=1S/C15H15ClN2OS/c1-2-7-20-15-12(9-17)11(8-14(19)18-15)10-5-3-4-6-13(10)16/h3-6,11H,2,7-8H2,1H3,(H,18,19). The van der Waals surface area contributed by atoms with Gasteiger partial charge in [0, 0.05) is 17.4 Å². The third-order valence-corrected chi connectivity index (χ3v) is 4.65. The second kappa shape index (κ2) is 6.83. The van der Waals surface area contributed by atoms with E-state index in [1.54, 1.807) is 6.07 Å². The molecule has 1 heterocycles. The number of nitrogens with one attached hydrogen (secondary N) is 1. The van der Waals surface area contributed by atoms with Crippen molar-refractivity contribution in [1.82, 2.24) is 5.32 Å². The summed E-state index contributed by atoms with van der Waals surface area (Å²) >= 11 is 7.73. The van der Waals surface area contributed by atoms with Gasteiger partial charge in [0.1, 0.15) is 0 Å². The van der Waals surface area contributed by atoms with E-state index < -0.39 is 0 Å². The Balaban J connectivity index is 2.43. The fourth-order valence-electron chi connectivity index (χ4n) is 2.16. The van der Waals surface area contributed by atoms with Gasteiger partial charge in [0.2, 0.25) is 5.91 Å². The van der Waals surface area contributed by atoms with E-state index in [1.807, 2.05) is 18.2 Å². The highest BCUT2D eigenvalue weighted by Gasteiger charge is 2.30. The van der Waals surface area contributed by atoms with E-state index in [9.17, 15) is 10.1 Å². The zero-order valence-electron chi connectivity index (χ0n) is 11.1. The zero-order valence-corrected chi connectivity index (χ0v) is 12.7. The first-order valence-electron chi connectivity index (χ1n) is 6.48. The molecule has 0 saturated heterocycles. The molecule has 0 bridgehead atoms. The number of rotatable bonds is 4. The van der Waals surface area contributed by atoms with Crippen molar-refractivity contribution in [1.29, 1.82) is 5.26 Å². The van der Waals surface area contributed by atoms with Crippen molar-refractivity contribution in [3.8, 4) is 6.07 Å². The van der Waals surface area contributed by atoms with Gasteiger partial charge in [-0.1, -0.05) is 36.7 Å². The smallest absolute Gasteiger partial charge is 0.225 e. The highest BCUT2D eigenvalue weighted by atomic mass is 35.5. The summed E-state index contributed by atoms with van der Waals surface area (Å²) in [5.74, 6) is 0.560. The van der Waals surface area contributed by atoms with Gasteiger partial charge >= 0.3 is 0 Å². The SMILES string of the molecule is CCCSC1=C(C#N)C(c2ccccc2Cl)CC(=O)N1. The molecule has 1 aromatic rings. The first-order chi connectivity index (χ1) is 9.67. The molecule has 0 aromatic heterocycles.